The van der Waals surface area contributed by atoms with Crippen molar-refractivity contribution >= 4 is 28.9 Å². The molecule has 0 fully saturated rings. The van der Waals surface area contributed by atoms with Crippen LogP contribution in [0.1, 0.15) is 22.4 Å². The van der Waals surface area contributed by atoms with Crippen LogP contribution in [-0.2, 0) is 13.0 Å². The first-order valence-corrected chi connectivity index (χ1v) is 8.93. The molecule has 124 valence electrons. The third-order valence-corrected chi connectivity index (χ3v) is 5.30. The molecule has 0 saturated heterocycles. The third kappa shape index (κ3) is 2.38. The first-order chi connectivity index (χ1) is 12.2. The Bertz CT molecular complexity index is 1040. The van der Waals surface area contributed by atoms with Crippen molar-refractivity contribution in [2.75, 3.05) is 6.61 Å². The van der Waals surface area contributed by atoms with Gasteiger partial charge in [0.25, 0.3) is 0 Å². The molecule has 0 unspecified atom stereocenters. The van der Waals surface area contributed by atoms with Crippen molar-refractivity contribution in [2.24, 2.45) is 4.99 Å². The molecule has 0 saturated carbocycles. The molecule has 3 aromatic rings. The average molecular weight is 369 g/mol. The summed E-state index contributed by atoms with van der Waals surface area (Å²) in [7, 11) is 0. The molecule has 2 aromatic carbocycles. The summed E-state index contributed by atoms with van der Waals surface area (Å²) in [6, 6.07) is 14.1. The Balaban J connectivity index is 1.70. The van der Waals surface area contributed by atoms with E-state index >= 15 is 0 Å². The van der Waals surface area contributed by atoms with Crippen molar-refractivity contribution in [3.8, 4) is 11.4 Å². The second-order valence-electron chi connectivity index (χ2n) is 6.23. The lowest BCUT2D eigenvalue weighted by molar-refractivity contribution is 0.357. The van der Waals surface area contributed by atoms with E-state index in [0.29, 0.717) is 16.6 Å². The normalized spacial score (nSPS) is 14.9. The molecule has 5 heteroatoms. The number of fused-ring (bicyclic) bond motifs is 4. The van der Waals surface area contributed by atoms with Crippen LogP contribution in [0.15, 0.2) is 53.7 Å². The van der Waals surface area contributed by atoms with E-state index in [1.54, 1.807) is 6.07 Å². The Morgan fingerprint density at radius 3 is 2.92 bits per heavy atom. The van der Waals surface area contributed by atoms with Crippen molar-refractivity contribution in [3.05, 3.63) is 81.1 Å². The number of nitrogens with zero attached hydrogens (tertiary/aromatic N) is 2. The van der Waals surface area contributed by atoms with E-state index in [1.165, 1.54) is 5.56 Å². The Morgan fingerprint density at radius 2 is 2.00 bits per heavy atom. The van der Waals surface area contributed by atoms with Gasteiger partial charge in [-0.2, -0.15) is 0 Å². The lowest BCUT2D eigenvalue weighted by Crippen LogP contribution is -2.08. The summed E-state index contributed by atoms with van der Waals surface area (Å²) in [5.41, 5.74) is 6.31. The van der Waals surface area contributed by atoms with Gasteiger partial charge in [0.05, 0.1) is 30.2 Å². The smallest absolute Gasteiger partial charge is 0.122 e. The molecular weight excluding hydrogens is 355 g/mol. The van der Waals surface area contributed by atoms with Crippen molar-refractivity contribution in [1.82, 2.24) is 4.57 Å². The molecule has 2 aliphatic rings. The quantitative estimate of drug-likeness (QED) is 0.588. The van der Waals surface area contributed by atoms with Gasteiger partial charge in [-0.25, -0.2) is 0 Å². The third-order valence-electron chi connectivity index (χ3n) is 4.75. The molecule has 25 heavy (non-hydrogen) atoms. The second kappa shape index (κ2) is 5.65. The van der Waals surface area contributed by atoms with E-state index in [9.17, 15) is 0 Å². The minimum atomic E-state index is 0.524. The maximum Gasteiger partial charge on any atom is 0.122 e. The van der Waals surface area contributed by atoms with E-state index in [4.69, 9.17) is 32.9 Å². The van der Waals surface area contributed by atoms with Gasteiger partial charge in [-0.1, -0.05) is 23.2 Å². The lowest BCUT2D eigenvalue weighted by Gasteiger charge is -2.12. The summed E-state index contributed by atoms with van der Waals surface area (Å²) in [5, 5.41) is 1.27. The molecule has 2 aliphatic heterocycles. The lowest BCUT2D eigenvalue weighted by atomic mass is 10.0. The summed E-state index contributed by atoms with van der Waals surface area (Å²) in [6.07, 6.45) is 2.97. The van der Waals surface area contributed by atoms with E-state index in [0.717, 1.165) is 47.0 Å². The molecule has 0 spiro atoms. The van der Waals surface area contributed by atoms with Gasteiger partial charge in [-0.3, -0.25) is 4.99 Å². The monoisotopic (exact) mass is 368 g/mol. The fourth-order valence-corrected chi connectivity index (χ4v) is 4.10. The molecule has 0 bridgehead atoms. The Kier molecular flexibility index (Phi) is 3.40. The number of aliphatic imine (C=N–C) groups is 1. The molecule has 1 aromatic heterocycles. The van der Waals surface area contributed by atoms with Crippen molar-refractivity contribution in [2.45, 2.75) is 13.0 Å². The van der Waals surface area contributed by atoms with Gasteiger partial charge in [0.2, 0.25) is 0 Å². The molecule has 0 aliphatic carbocycles. The standard InChI is InChI=1S/C20H14Cl2N2O/c21-14-9-16(22)15-11-23-20(17-2-1-6-24(17)18(15)10-14)13-3-4-19-12(8-13)5-7-25-19/h1-4,6,8-10H,5,7,11H2. The zero-order valence-corrected chi connectivity index (χ0v) is 14.8. The molecule has 3 nitrogen and oxygen atoms in total. The van der Waals surface area contributed by atoms with Crippen LogP contribution < -0.4 is 4.74 Å². The number of ether oxygens (including phenoxy) is 1. The van der Waals surface area contributed by atoms with Crippen LogP contribution in [0, 0.1) is 0 Å². The minimum Gasteiger partial charge on any atom is -0.493 e. The predicted octanol–water partition coefficient (Wildman–Crippen LogP) is 5.07. The number of rotatable bonds is 1. The highest BCUT2D eigenvalue weighted by Gasteiger charge is 2.22. The summed E-state index contributed by atoms with van der Waals surface area (Å²) >= 11 is 12.7. The Labute approximate surface area is 155 Å². The maximum atomic E-state index is 6.44. The highest BCUT2D eigenvalue weighted by molar-refractivity contribution is 6.35. The molecule has 0 radical (unpaired) electrons. The Morgan fingerprint density at radius 1 is 1.08 bits per heavy atom. The van der Waals surface area contributed by atoms with E-state index in [2.05, 4.69) is 22.8 Å². The summed E-state index contributed by atoms with van der Waals surface area (Å²) in [4.78, 5) is 4.89. The van der Waals surface area contributed by atoms with Crippen LogP contribution >= 0.6 is 23.2 Å². The molecule has 0 amide bonds. The number of halogens is 2. The topological polar surface area (TPSA) is 26.5 Å². The zero-order chi connectivity index (χ0) is 17.0. The van der Waals surface area contributed by atoms with Crippen LogP contribution in [0.3, 0.4) is 0 Å². The minimum absolute atomic E-state index is 0.524. The molecule has 5 rings (SSSR count). The van der Waals surface area contributed by atoms with Crippen molar-refractivity contribution in [3.63, 3.8) is 0 Å². The van der Waals surface area contributed by atoms with Gasteiger partial charge in [0, 0.05) is 33.8 Å². The fourth-order valence-electron chi connectivity index (χ4n) is 3.56. The van der Waals surface area contributed by atoms with Crippen LogP contribution in [0.4, 0.5) is 0 Å². The van der Waals surface area contributed by atoms with Crippen molar-refractivity contribution in [1.29, 1.82) is 0 Å². The Hall–Kier alpha value is -2.23. The highest BCUT2D eigenvalue weighted by Crippen LogP contribution is 2.33. The number of aromatic nitrogens is 1. The second-order valence-corrected chi connectivity index (χ2v) is 7.08. The maximum absolute atomic E-state index is 6.44. The van der Waals surface area contributed by atoms with Gasteiger partial charge >= 0.3 is 0 Å². The van der Waals surface area contributed by atoms with Crippen LogP contribution in [0.2, 0.25) is 10.0 Å². The number of benzene rings is 2. The molecule has 3 heterocycles. The predicted molar refractivity (Wildman–Crippen MR) is 101 cm³/mol. The van der Waals surface area contributed by atoms with Gasteiger partial charge in [-0.15, -0.1) is 0 Å². The highest BCUT2D eigenvalue weighted by atomic mass is 35.5. The summed E-state index contributed by atoms with van der Waals surface area (Å²) in [5.74, 6) is 0.978. The van der Waals surface area contributed by atoms with Gasteiger partial charge in [0.15, 0.2) is 0 Å². The first kappa shape index (κ1) is 15.1. The van der Waals surface area contributed by atoms with Crippen LogP contribution in [0.5, 0.6) is 5.75 Å². The first-order valence-electron chi connectivity index (χ1n) is 8.17. The number of hydrogen-bond acceptors (Lipinski definition) is 2. The van der Waals surface area contributed by atoms with Gasteiger partial charge < -0.3 is 9.30 Å². The van der Waals surface area contributed by atoms with Crippen LogP contribution in [0.25, 0.3) is 5.69 Å². The zero-order valence-electron chi connectivity index (χ0n) is 13.3. The average Bonchev–Trinajstić information content (AvgIpc) is 3.22. The largest absolute Gasteiger partial charge is 0.493 e. The number of hydrogen-bond donors (Lipinski definition) is 0. The van der Waals surface area contributed by atoms with E-state index in [1.807, 2.05) is 24.4 Å². The fraction of sp³-hybridized carbons (Fsp3) is 0.150. The molecule has 0 atom stereocenters. The van der Waals surface area contributed by atoms with Crippen molar-refractivity contribution < 1.29 is 4.74 Å². The molecule has 0 N–H and O–H groups in total. The summed E-state index contributed by atoms with van der Waals surface area (Å²) in [6.45, 7) is 1.27. The van der Waals surface area contributed by atoms with Gasteiger partial charge in [-0.05, 0) is 48.0 Å². The van der Waals surface area contributed by atoms with Crippen LogP contribution in [-0.4, -0.2) is 16.9 Å². The molecular formula is C20H14Cl2N2O. The van der Waals surface area contributed by atoms with E-state index < -0.39 is 0 Å². The van der Waals surface area contributed by atoms with E-state index in [-0.39, 0.29) is 0 Å². The summed E-state index contributed by atoms with van der Waals surface area (Å²) < 4.78 is 7.74. The van der Waals surface area contributed by atoms with Gasteiger partial charge in [0.1, 0.15) is 5.75 Å². The SMILES string of the molecule is Clc1cc(Cl)c2c(c1)-n1cccc1C(c1ccc3c(c1)CCO3)=NC2.